The van der Waals surface area contributed by atoms with Gasteiger partial charge in [0.05, 0.1) is 4.90 Å². The van der Waals surface area contributed by atoms with Gasteiger partial charge in [0.1, 0.15) is 0 Å². The van der Waals surface area contributed by atoms with Crippen LogP contribution < -0.4 is 10.5 Å². The minimum Gasteiger partial charge on any atom is -0.396 e. The number of sulfonamides is 1. The summed E-state index contributed by atoms with van der Waals surface area (Å²) < 4.78 is 22.6. The van der Waals surface area contributed by atoms with E-state index in [0.717, 1.165) is 0 Å². The zero-order valence-electron chi connectivity index (χ0n) is 10.0. The SMILES string of the molecule is Cc1c(NC(=O)CCCO)cccc1S(N)(=O)=O. The van der Waals surface area contributed by atoms with Crippen LogP contribution in [0.2, 0.25) is 0 Å². The van der Waals surface area contributed by atoms with Gasteiger partial charge < -0.3 is 10.4 Å². The Bertz CT molecular complexity index is 540. The topological polar surface area (TPSA) is 109 Å². The van der Waals surface area contributed by atoms with Crippen LogP contribution >= 0.6 is 0 Å². The van der Waals surface area contributed by atoms with Crippen LogP contribution in [-0.4, -0.2) is 26.0 Å². The van der Waals surface area contributed by atoms with Crippen LogP contribution in [-0.2, 0) is 14.8 Å². The molecule has 0 saturated heterocycles. The zero-order valence-corrected chi connectivity index (χ0v) is 10.8. The fourth-order valence-corrected chi connectivity index (χ4v) is 2.32. The smallest absolute Gasteiger partial charge is 0.238 e. The maximum absolute atomic E-state index is 11.5. The van der Waals surface area contributed by atoms with Crippen LogP contribution in [0.25, 0.3) is 0 Å². The molecule has 0 bridgehead atoms. The molecule has 0 aliphatic carbocycles. The number of aliphatic hydroxyl groups excluding tert-OH is 1. The molecule has 0 atom stereocenters. The summed E-state index contributed by atoms with van der Waals surface area (Å²) in [6, 6.07) is 4.49. The highest BCUT2D eigenvalue weighted by Gasteiger charge is 2.14. The standard InChI is InChI=1S/C11H16N2O4S/c1-8-9(13-11(15)6-3-7-14)4-2-5-10(8)18(12,16)17/h2,4-5,14H,3,6-7H2,1H3,(H,13,15)(H2,12,16,17). The van der Waals surface area contributed by atoms with E-state index < -0.39 is 10.0 Å². The summed E-state index contributed by atoms with van der Waals surface area (Å²) in [6.45, 7) is 1.50. The first kappa shape index (κ1) is 14.6. The molecule has 0 aliphatic rings. The number of nitrogens with one attached hydrogen (secondary N) is 1. The molecule has 1 aromatic rings. The summed E-state index contributed by atoms with van der Waals surface area (Å²) in [6.07, 6.45) is 0.537. The van der Waals surface area contributed by atoms with Gasteiger partial charge >= 0.3 is 0 Å². The van der Waals surface area contributed by atoms with E-state index in [1.807, 2.05) is 0 Å². The highest BCUT2D eigenvalue weighted by Crippen LogP contribution is 2.22. The molecule has 4 N–H and O–H groups in total. The average molecular weight is 272 g/mol. The Morgan fingerprint density at radius 1 is 1.44 bits per heavy atom. The zero-order chi connectivity index (χ0) is 13.8. The van der Waals surface area contributed by atoms with E-state index in [9.17, 15) is 13.2 Å². The largest absolute Gasteiger partial charge is 0.396 e. The van der Waals surface area contributed by atoms with E-state index in [1.54, 1.807) is 13.0 Å². The molecule has 18 heavy (non-hydrogen) atoms. The van der Waals surface area contributed by atoms with Crippen LogP contribution in [0.15, 0.2) is 23.1 Å². The number of aliphatic hydroxyl groups is 1. The van der Waals surface area contributed by atoms with Crippen molar-refractivity contribution in [3.8, 4) is 0 Å². The van der Waals surface area contributed by atoms with Crippen molar-refractivity contribution in [3.63, 3.8) is 0 Å². The minimum absolute atomic E-state index is 0.0116. The summed E-state index contributed by atoms with van der Waals surface area (Å²) in [5, 5.41) is 16.3. The Morgan fingerprint density at radius 3 is 2.67 bits per heavy atom. The van der Waals surface area contributed by atoms with Gasteiger partial charge in [0, 0.05) is 18.7 Å². The van der Waals surface area contributed by atoms with Crippen LogP contribution in [0, 0.1) is 6.92 Å². The summed E-state index contributed by atoms with van der Waals surface area (Å²) in [7, 11) is -3.80. The predicted molar refractivity (Wildman–Crippen MR) is 67.5 cm³/mol. The fourth-order valence-electron chi connectivity index (χ4n) is 1.51. The number of amides is 1. The van der Waals surface area contributed by atoms with E-state index >= 15 is 0 Å². The van der Waals surface area contributed by atoms with Gasteiger partial charge in [-0.1, -0.05) is 6.07 Å². The van der Waals surface area contributed by atoms with E-state index in [2.05, 4.69) is 5.32 Å². The molecule has 0 saturated carbocycles. The lowest BCUT2D eigenvalue weighted by Gasteiger charge is -2.11. The summed E-state index contributed by atoms with van der Waals surface area (Å²) in [4.78, 5) is 11.5. The Hall–Kier alpha value is -1.44. The van der Waals surface area contributed by atoms with Crippen LogP contribution in [0.4, 0.5) is 5.69 Å². The number of hydrogen-bond donors (Lipinski definition) is 3. The third-order valence-corrected chi connectivity index (χ3v) is 3.48. The Kier molecular flexibility index (Phi) is 4.83. The number of benzene rings is 1. The molecule has 0 unspecified atom stereocenters. The monoisotopic (exact) mass is 272 g/mol. The normalized spacial score (nSPS) is 11.3. The number of anilines is 1. The van der Waals surface area contributed by atoms with Gasteiger partial charge in [-0.3, -0.25) is 4.79 Å². The average Bonchev–Trinajstić information content (AvgIpc) is 2.27. The van der Waals surface area contributed by atoms with Crippen molar-refractivity contribution in [1.82, 2.24) is 0 Å². The molecule has 0 aliphatic heterocycles. The second-order valence-corrected chi connectivity index (χ2v) is 5.38. The van der Waals surface area contributed by atoms with Crippen LogP contribution in [0.5, 0.6) is 0 Å². The van der Waals surface area contributed by atoms with Gasteiger partial charge in [-0.15, -0.1) is 0 Å². The predicted octanol–water partition coefficient (Wildman–Crippen LogP) is 0.353. The summed E-state index contributed by atoms with van der Waals surface area (Å²) in [5.74, 6) is -0.279. The molecule has 0 radical (unpaired) electrons. The minimum atomic E-state index is -3.80. The second kappa shape index (κ2) is 5.94. The van der Waals surface area contributed by atoms with Gasteiger partial charge in [-0.2, -0.15) is 0 Å². The molecule has 7 heteroatoms. The fraction of sp³-hybridized carbons (Fsp3) is 0.364. The first-order valence-corrected chi connectivity index (χ1v) is 6.94. The maximum atomic E-state index is 11.5. The lowest BCUT2D eigenvalue weighted by molar-refractivity contribution is -0.116. The maximum Gasteiger partial charge on any atom is 0.238 e. The van der Waals surface area contributed by atoms with Gasteiger partial charge in [0.25, 0.3) is 0 Å². The lowest BCUT2D eigenvalue weighted by atomic mass is 10.2. The Labute approximate surface area is 106 Å². The number of carbonyl (C=O) groups is 1. The van der Waals surface area contributed by atoms with Crippen molar-refractivity contribution in [2.24, 2.45) is 5.14 Å². The number of rotatable bonds is 5. The van der Waals surface area contributed by atoms with E-state index in [1.165, 1.54) is 12.1 Å². The van der Waals surface area contributed by atoms with Crippen molar-refractivity contribution in [2.75, 3.05) is 11.9 Å². The molecule has 1 aromatic carbocycles. The summed E-state index contributed by atoms with van der Waals surface area (Å²) in [5.41, 5.74) is 0.807. The van der Waals surface area contributed by atoms with Crippen LogP contribution in [0.1, 0.15) is 18.4 Å². The number of nitrogens with two attached hydrogens (primary N) is 1. The molecule has 0 aromatic heterocycles. The third-order valence-electron chi connectivity index (χ3n) is 2.43. The molecule has 0 spiro atoms. The molecular formula is C11H16N2O4S. The first-order valence-electron chi connectivity index (χ1n) is 5.39. The first-order chi connectivity index (χ1) is 8.36. The second-order valence-electron chi connectivity index (χ2n) is 3.85. The van der Waals surface area contributed by atoms with Crippen LogP contribution in [0.3, 0.4) is 0 Å². The molecule has 1 rings (SSSR count). The Balaban J connectivity index is 2.95. The van der Waals surface area contributed by atoms with E-state index in [4.69, 9.17) is 10.2 Å². The quantitative estimate of drug-likeness (QED) is 0.718. The Morgan fingerprint density at radius 2 is 2.11 bits per heavy atom. The molecule has 100 valence electrons. The molecule has 1 amide bonds. The number of hydrogen-bond acceptors (Lipinski definition) is 4. The van der Waals surface area contributed by atoms with Gasteiger partial charge in [0.2, 0.25) is 15.9 Å². The van der Waals surface area contributed by atoms with Gasteiger partial charge in [-0.25, -0.2) is 13.6 Å². The highest BCUT2D eigenvalue weighted by atomic mass is 32.2. The summed E-state index contributed by atoms with van der Waals surface area (Å²) >= 11 is 0. The van der Waals surface area contributed by atoms with Crippen molar-refractivity contribution in [3.05, 3.63) is 23.8 Å². The third kappa shape index (κ3) is 3.80. The molecule has 0 heterocycles. The van der Waals surface area contributed by atoms with E-state index in [0.29, 0.717) is 17.7 Å². The number of primary sulfonamides is 1. The highest BCUT2D eigenvalue weighted by molar-refractivity contribution is 7.89. The molecule has 6 nitrogen and oxygen atoms in total. The molecular weight excluding hydrogens is 256 g/mol. The van der Waals surface area contributed by atoms with Crippen molar-refractivity contribution >= 4 is 21.6 Å². The van der Waals surface area contributed by atoms with Crippen molar-refractivity contribution in [1.29, 1.82) is 0 Å². The van der Waals surface area contributed by atoms with E-state index in [-0.39, 0.29) is 23.8 Å². The van der Waals surface area contributed by atoms with Gasteiger partial charge in [-0.05, 0) is 31.0 Å². The molecule has 0 fully saturated rings. The van der Waals surface area contributed by atoms with Gasteiger partial charge in [0.15, 0.2) is 0 Å². The number of carbonyl (C=O) groups excluding carboxylic acids is 1. The lowest BCUT2D eigenvalue weighted by Crippen LogP contribution is -2.17. The van der Waals surface area contributed by atoms with Crippen molar-refractivity contribution < 1.29 is 18.3 Å². The van der Waals surface area contributed by atoms with Crippen molar-refractivity contribution in [2.45, 2.75) is 24.7 Å².